The summed E-state index contributed by atoms with van der Waals surface area (Å²) in [5, 5.41) is 49.8. The van der Waals surface area contributed by atoms with Gasteiger partial charge in [0.1, 0.15) is 29.7 Å². The van der Waals surface area contributed by atoms with Gasteiger partial charge in [-0.25, -0.2) is 0 Å². The number of hydrogen-bond acceptors (Lipinski definition) is 16. The fourth-order valence-corrected chi connectivity index (χ4v) is 12.0. The van der Waals surface area contributed by atoms with Crippen LogP contribution in [0.2, 0.25) is 0 Å². The second-order valence-corrected chi connectivity index (χ2v) is 23.0. The van der Waals surface area contributed by atoms with E-state index in [4.69, 9.17) is 33.2 Å². The van der Waals surface area contributed by atoms with E-state index in [1.807, 2.05) is 25.8 Å². The minimum Gasteiger partial charge on any atom is -0.459 e. The highest BCUT2D eigenvalue weighted by Crippen LogP contribution is 2.42. The lowest BCUT2D eigenvalue weighted by Crippen LogP contribution is -2.61. The smallest absolute Gasteiger partial charge is 0.311 e. The first-order valence-electron chi connectivity index (χ1n) is 27.3. The molecule has 0 bridgehead atoms. The summed E-state index contributed by atoms with van der Waals surface area (Å²) in [5.74, 6) is -4.18. The average Bonchev–Trinajstić information content (AvgIpc) is 3.36. The number of hydrogen-bond donors (Lipinski definition) is 5. The number of carbonyl (C=O) groups excluding carboxylic acids is 3. The van der Waals surface area contributed by atoms with Gasteiger partial charge in [-0.05, 0) is 137 Å². The van der Waals surface area contributed by atoms with Crippen molar-refractivity contribution in [3.05, 3.63) is 35.4 Å². The minimum atomic E-state index is -2.00. The number of esters is 1. The molecule has 1 amide bonds. The lowest BCUT2D eigenvalue weighted by molar-refractivity contribution is -0.319. The number of methoxy groups -OCH3 is 2. The fourth-order valence-electron chi connectivity index (χ4n) is 12.0. The summed E-state index contributed by atoms with van der Waals surface area (Å²) in [4.78, 5) is 46.2. The Labute approximate surface area is 436 Å². The van der Waals surface area contributed by atoms with Crippen LogP contribution in [0.25, 0.3) is 0 Å². The molecule has 0 saturated carbocycles. The number of rotatable bonds is 17. The summed E-state index contributed by atoms with van der Waals surface area (Å²) < 4.78 is 44.7. The SMILES string of the molecule is CC[C@H]1OC(=O)[C@H](C)[C@@H](O[C@H]2C[C@@](C)(OC)[C@@H](O)[C@H](C)O2)[C@H](C)[C@@H](O[C@H]2O[C@H](C)C[C@H](N(C)CCC(=O)NCCCCc3ccc(C4CCN(C)CC4)cc3)[C@H]2O)[C@](C)(OC)C[C@@H](C)C(=O)[C@H](C)[C@@H](O)[C@]1(C)O. The van der Waals surface area contributed by atoms with Gasteiger partial charge >= 0.3 is 5.97 Å². The van der Waals surface area contributed by atoms with Gasteiger partial charge in [0.15, 0.2) is 12.6 Å². The van der Waals surface area contributed by atoms with E-state index in [-0.39, 0.29) is 43.5 Å². The Hall–Kier alpha value is -2.65. The Morgan fingerprint density at radius 1 is 0.877 bits per heavy atom. The second-order valence-electron chi connectivity index (χ2n) is 23.0. The number of aliphatic hydroxyl groups is 4. The number of benzene rings is 1. The molecule has 0 aromatic heterocycles. The zero-order valence-electron chi connectivity index (χ0n) is 46.7. The highest BCUT2D eigenvalue weighted by atomic mass is 16.7. The lowest BCUT2D eigenvalue weighted by Gasteiger charge is -2.50. The molecule has 1 aromatic carbocycles. The third-order valence-electron chi connectivity index (χ3n) is 17.2. The molecule has 4 fully saturated rings. The topological polar surface area (TPSA) is 215 Å². The van der Waals surface area contributed by atoms with E-state index in [1.165, 1.54) is 45.1 Å². The van der Waals surface area contributed by atoms with Crippen LogP contribution in [0.5, 0.6) is 0 Å². The zero-order valence-corrected chi connectivity index (χ0v) is 46.7. The molecule has 418 valence electrons. The predicted molar refractivity (Wildman–Crippen MR) is 276 cm³/mol. The number of aryl methyl sites for hydroxylation is 1. The van der Waals surface area contributed by atoms with Gasteiger partial charge in [-0.2, -0.15) is 0 Å². The monoisotopic (exact) mass is 1030 g/mol. The molecule has 0 unspecified atom stereocenters. The van der Waals surface area contributed by atoms with Crippen LogP contribution in [0.15, 0.2) is 24.3 Å². The average molecular weight is 1030 g/mol. The van der Waals surface area contributed by atoms with Gasteiger partial charge in [-0.1, -0.05) is 52.0 Å². The van der Waals surface area contributed by atoms with E-state index >= 15 is 0 Å². The molecular weight excluding hydrogens is 939 g/mol. The number of unbranched alkanes of at least 4 members (excludes halogenated alkanes) is 1. The van der Waals surface area contributed by atoms with Crippen LogP contribution in [0, 0.1) is 23.7 Å². The molecule has 17 nitrogen and oxygen atoms in total. The number of amides is 1. The fraction of sp³-hybridized carbons (Fsp3) is 0.839. The molecule has 73 heavy (non-hydrogen) atoms. The van der Waals surface area contributed by atoms with Crippen molar-refractivity contribution in [1.29, 1.82) is 0 Å². The molecule has 0 spiro atoms. The molecule has 4 aliphatic heterocycles. The Morgan fingerprint density at radius 2 is 1.52 bits per heavy atom. The van der Waals surface area contributed by atoms with E-state index in [0.717, 1.165) is 32.4 Å². The van der Waals surface area contributed by atoms with Crippen molar-refractivity contribution in [3.63, 3.8) is 0 Å². The van der Waals surface area contributed by atoms with Crippen molar-refractivity contribution >= 4 is 17.7 Å². The molecule has 0 radical (unpaired) electrons. The largest absolute Gasteiger partial charge is 0.459 e. The molecule has 5 N–H and O–H groups in total. The molecule has 0 aliphatic carbocycles. The summed E-state index contributed by atoms with van der Waals surface area (Å²) >= 11 is 0. The van der Waals surface area contributed by atoms with E-state index < -0.39 is 108 Å². The number of piperidine rings is 1. The van der Waals surface area contributed by atoms with Crippen LogP contribution in [-0.4, -0.2) is 187 Å². The molecule has 17 heteroatoms. The number of ketones is 1. The number of likely N-dealkylation sites (N-methyl/N-ethyl adjacent to an activating group) is 1. The zero-order chi connectivity index (χ0) is 54.2. The predicted octanol–water partition coefficient (Wildman–Crippen LogP) is 5.15. The van der Waals surface area contributed by atoms with E-state index in [2.05, 4.69) is 41.5 Å². The number of nitrogens with one attached hydrogen (secondary N) is 1. The van der Waals surface area contributed by atoms with Crippen molar-refractivity contribution in [2.24, 2.45) is 23.7 Å². The molecular formula is C56H95N3O14. The van der Waals surface area contributed by atoms with Crippen LogP contribution in [-0.2, 0) is 54.0 Å². The minimum absolute atomic E-state index is 0.0623. The van der Waals surface area contributed by atoms with Crippen LogP contribution in [0.4, 0.5) is 0 Å². The molecule has 1 aromatic rings. The summed E-state index contributed by atoms with van der Waals surface area (Å²) in [7, 11) is 7.06. The highest BCUT2D eigenvalue weighted by molar-refractivity contribution is 5.83. The van der Waals surface area contributed by atoms with E-state index in [1.54, 1.807) is 48.5 Å². The summed E-state index contributed by atoms with van der Waals surface area (Å²) in [6.07, 6.45) is -4.30. The Balaban J connectivity index is 1.32. The Kier molecular flexibility index (Phi) is 22.3. The molecule has 4 aliphatic rings. The van der Waals surface area contributed by atoms with E-state index in [0.29, 0.717) is 25.4 Å². The third-order valence-corrected chi connectivity index (χ3v) is 17.2. The number of carbonyl (C=O) groups is 3. The van der Waals surface area contributed by atoms with Gasteiger partial charge in [0.2, 0.25) is 5.91 Å². The van der Waals surface area contributed by atoms with E-state index in [9.17, 15) is 34.8 Å². The number of likely N-dealkylation sites (tertiary alicyclic amines) is 1. The maximum Gasteiger partial charge on any atom is 0.311 e. The molecule has 5 rings (SSSR count). The van der Waals surface area contributed by atoms with Gasteiger partial charge in [0.25, 0.3) is 0 Å². The number of aliphatic hydroxyl groups excluding tert-OH is 3. The van der Waals surface area contributed by atoms with Crippen molar-refractivity contribution in [3.8, 4) is 0 Å². The van der Waals surface area contributed by atoms with Crippen molar-refractivity contribution < 1.29 is 68.0 Å². The maximum atomic E-state index is 14.5. The van der Waals surface area contributed by atoms with Gasteiger partial charge in [-0.15, -0.1) is 0 Å². The number of ether oxygens (including phenoxy) is 7. The summed E-state index contributed by atoms with van der Waals surface area (Å²) in [6.45, 7) is 20.2. The van der Waals surface area contributed by atoms with Crippen LogP contribution in [0.3, 0.4) is 0 Å². The van der Waals surface area contributed by atoms with Gasteiger partial charge in [0.05, 0.1) is 47.6 Å². The van der Waals surface area contributed by atoms with Crippen molar-refractivity contribution in [1.82, 2.24) is 15.1 Å². The highest BCUT2D eigenvalue weighted by Gasteiger charge is 2.54. The van der Waals surface area contributed by atoms with Crippen LogP contribution < -0.4 is 5.32 Å². The maximum absolute atomic E-state index is 14.5. The number of cyclic esters (lactones) is 1. The standard InChI is InChI=1S/C56H95N3O14/c1-15-43-56(10,66)49(63)35(4)46(61)33(2)31-55(9,68-14)51(36(5)48(37(6)52(65)71-43)72-45-32-54(8,67-13)50(64)38(7)70-45)73-53-47(62)42(30-34(3)69-53)59(12)29-25-44(60)57-26-17-16-18-39-19-21-40(22-20-39)41-23-27-58(11)28-24-41/h19-22,33-38,41-43,45,47-51,53,62-64,66H,15-18,23-32H2,1-14H3,(H,57,60)/t33-,34-,35+,36+,37-,38+,42+,43-,45+,47-,48+,49-,50+,51-,53-,54-,55-,56-/m1/s1. The van der Waals surface area contributed by atoms with Gasteiger partial charge in [0, 0.05) is 63.9 Å². The second kappa shape index (κ2) is 26.6. The van der Waals surface area contributed by atoms with Crippen molar-refractivity contribution in [2.45, 2.75) is 224 Å². The number of Topliss-reactive ketones (excluding diaryl/α,β-unsaturated/α-hetero) is 1. The van der Waals surface area contributed by atoms with Crippen LogP contribution >= 0.6 is 0 Å². The molecule has 18 atom stereocenters. The van der Waals surface area contributed by atoms with Gasteiger partial charge < -0.3 is 68.7 Å². The first kappa shape index (κ1) is 61.2. The summed E-state index contributed by atoms with van der Waals surface area (Å²) in [6, 6.07) is 8.58. The third kappa shape index (κ3) is 15.1. The number of nitrogens with zero attached hydrogens (tertiary/aromatic N) is 2. The van der Waals surface area contributed by atoms with Crippen LogP contribution in [0.1, 0.15) is 144 Å². The summed E-state index contributed by atoms with van der Waals surface area (Å²) in [5.41, 5.74) is -1.67. The Bertz CT molecular complexity index is 1900. The van der Waals surface area contributed by atoms with Gasteiger partial charge in [-0.3, -0.25) is 14.4 Å². The quantitative estimate of drug-likeness (QED) is 0.101. The van der Waals surface area contributed by atoms with Crippen molar-refractivity contribution in [2.75, 3.05) is 54.5 Å². The molecule has 4 saturated heterocycles. The first-order valence-corrected chi connectivity index (χ1v) is 27.3. The Morgan fingerprint density at radius 3 is 2.14 bits per heavy atom. The first-order chi connectivity index (χ1) is 34.3. The lowest BCUT2D eigenvalue weighted by atomic mass is 9.74. The normalized spacial score (nSPS) is 40.0. The molecule has 4 heterocycles.